The van der Waals surface area contributed by atoms with Crippen molar-refractivity contribution in [3.05, 3.63) is 29.8 Å². The highest BCUT2D eigenvalue weighted by Crippen LogP contribution is 2.17. The van der Waals surface area contributed by atoms with Crippen LogP contribution in [0.5, 0.6) is 5.75 Å². The number of halogens is 1. The number of nitrogens with two attached hydrogens (primary N) is 1. The molecule has 0 radical (unpaired) electrons. The average Bonchev–Trinajstić information content (AvgIpc) is 2.40. The van der Waals surface area contributed by atoms with E-state index in [9.17, 15) is 4.79 Å². The van der Waals surface area contributed by atoms with Crippen LogP contribution in [0.25, 0.3) is 0 Å². The molecule has 19 heavy (non-hydrogen) atoms. The molecule has 0 aliphatic rings. The van der Waals surface area contributed by atoms with Crippen molar-refractivity contribution in [3.8, 4) is 5.75 Å². The molecule has 0 spiro atoms. The molecule has 0 saturated heterocycles. The average molecular weight is 287 g/mol. The van der Waals surface area contributed by atoms with E-state index in [1.54, 1.807) is 0 Å². The summed E-state index contributed by atoms with van der Waals surface area (Å²) in [5.41, 5.74) is 6.55. The van der Waals surface area contributed by atoms with Gasteiger partial charge in [0.2, 0.25) is 5.91 Å². The molecule has 1 aromatic carbocycles. The smallest absolute Gasteiger partial charge is 0.224 e. The predicted octanol–water partition coefficient (Wildman–Crippen LogP) is 1.76. The first-order valence-corrected chi connectivity index (χ1v) is 6.37. The van der Waals surface area contributed by atoms with Gasteiger partial charge in [-0.1, -0.05) is 25.1 Å². The van der Waals surface area contributed by atoms with Crippen LogP contribution in [0, 0.1) is 5.92 Å². The van der Waals surface area contributed by atoms with Crippen molar-refractivity contribution in [2.45, 2.75) is 20.3 Å². The normalized spacial score (nSPS) is 11.3. The fraction of sp³-hybridized carbons (Fsp3) is 0.500. The molecule has 1 aromatic rings. The summed E-state index contributed by atoms with van der Waals surface area (Å²) in [6, 6.07) is 7.89. The Kier molecular flexibility index (Phi) is 9.00. The lowest BCUT2D eigenvalue weighted by molar-refractivity contribution is -0.124. The number of rotatable bonds is 7. The summed E-state index contributed by atoms with van der Waals surface area (Å²) in [5, 5.41) is 2.88. The molecule has 0 saturated carbocycles. The highest BCUT2D eigenvalue weighted by molar-refractivity contribution is 5.85. The monoisotopic (exact) mass is 286 g/mol. The first-order valence-electron chi connectivity index (χ1n) is 6.37. The third kappa shape index (κ3) is 5.94. The molecule has 0 heterocycles. The molecule has 1 unspecified atom stereocenters. The Labute approximate surface area is 121 Å². The van der Waals surface area contributed by atoms with E-state index in [-0.39, 0.29) is 24.2 Å². The second-order valence-corrected chi connectivity index (χ2v) is 4.22. The molecular weight excluding hydrogens is 264 g/mol. The van der Waals surface area contributed by atoms with Gasteiger partial charge < -0.3 is 15.8 Å². The molecule has 0 aliphatic carbocycles. The molecule has 4 nitrogen and oxygen atoms in total. The summed E-state index contributed by atoms with van der Waals surface area (Å²) in [6.07, 6.45) is 0.763. The number of hydrogen-bond acceptors (Lipinski definition) is 3. The molecule has 1 atom stereocenters. The molecule has 1 amide bonds. The topological polar surface area (TPSA) is 64.3 Å². The summed E-state index contributed by atoms with van der Waals surface area (Å²) in [7, 11) is 0. The van der Waals surface area contributed by atoms with Gasteiger partial charge in [0.15, 0.2) is 0 Å². The zero-order valence-electron chi connectivity index (χ0n) is 11.5. The number of carbonyl (C=O) groups excluding carboxylic acids is 1. The van der Waals surface area contributed by atoms with Crippen molar-refractivity contribution in [3.63, 3.8) is 0 Å². The second-order valence-electron chi connectivity index (χ2n) is 4.22. The first-order chi connectivity index (χ1) is 8.69. The second kappa shape index (κ2) is 9.64. The van der Waals surface area contributed by atoms with Crippen LogP contribution in [-0.4, -0.2) is 25.6 Å². The first kappa shape index (κ1) is 17.7. The number of benzene rings is 1. The number of hydrogen-bond donors (Lipinski definition) is 2. The summed E-state index contributed by atoms with van der Waals surface area (Å²) < 4.78 is 5.53. The maximum Gasteiger partial charge on any atom is 0.224 e. The standard InChI is InChI=1S/C14H22N2O2.ClH/c1-3-18-13-7-5-4-6-12(13)8-9-16-14(17)11(2)10-15;/h4-7,11H,3,8-10,15H2,1-2H3,(H,16,17);1H. The van der Waals surface area contributed by atoms with Crippen LogP contribution in [0.4, 0.5) is 0 Å². The van der Waals surface area contributed by atoms with Crippen molar-refractivity contribution in [1.82, 2.24) is 5.32 Å². The van der Waals surface area contributed by atoms with Gasteiger partial charge in [0.25, 0.3) is 0 Å². The number of carbonyl (C=O) groups is 1. The van der Waals surface area contributed by atoms with Gasteiger partial charge in [-0.2, -0.15) is 0 Å². The van der Waals surface area contributed by atoms with Gasteiger partial charge >= 0.3 is 0 Å². The third-order valence-corrected chi connectivity index (χ3v) is 2.77. The van der Waals surface area contributed by atoms with Crippen LogP contribution in [0.15, 0.2) is 24.3 Å². The minimum atomic E-state index is -0.132. The molecular formula is C14H23ClN2O2. The van der Waals surface area contributed by atoms with Crippen LogP contribution in [0.3, 0.4) is 0 Å². The molecule has 0 fully saturated rings. The Balaban J connectivity index is 0.00000324. The van der Waals surface area contributed by atoms with Crippen molar-refractivity contribution in [2.24, 2.45) is 11.7 Å². The minimum Gasteiger partial charge on any atom is -0.494 e. The SMILES string of the molecule is CCOc1ccccc1CCNC(=O)C(C)CN.Cl. The summed E-state index contributed by atoms with van der Waals surface area (Å²) >= 11 is 0. The van der Waals surface area contributed by atoms with Gasteiger partial charge in [-0.3, -0.25) is 4.79 Å². The highest BCUT2D eigenvalue weighted by atomic mass is 35.5. The Morgan fingerprint density at radius 3 is 2.74 bits per heavy atom. The van der Waals surface area contributed by atoms with E-state index in [2.05, 4.69) is 5.32 Å². The summed E-state index contributed by atoms with van der Waals surface area (Å²) in [5.74, 6) is 0.764. The fourth-order valence-electron chi connectivity index (χ4n) is 1.61. The maximum absolute atomic E-state index is 11.6. The molecule has 1 rings (SSSR count). The fourth-order valence-corrected chi connectivity index (χ4v) is 1.61. The van der Waals surface area contributed by atoms with Gasteiger partial charge in [-0.15, -0.1) is 12.4 Å². The van der Waals surface area contributed by atoms with Gasteiger partial charge in [-0.05, 0) is 25.0 Å². The molecule has 108 valence electrons. The van der Waals surface area contributed by atoms with Crippen LogP contribution in [0.2, 0.25) is 0 Å². The zero-order chi connectivity index (χ0) is 13.4. The predicted molar refractivity (Wildman–Crippen MR) is 79.8 cm³/mol. The van der Waals surface area contributed by atoms with Crippen molar-refractivity contribution in [2.75, 3.05) is 19.7 Å². The minimum absolute atomic E-state index is 0. The van der Waals surface area contributed by atoms with Crippen LogP contribution < -0.4 is 15.8 Å². The van der Waals surface area contributed by atoms with Crippen LogP contribution in [0.1, 0.15) is 19.4 Å². The van der Waals surface area contributed by atoms with Crippen LogP contribution in [-0.2, 0) is 11.2 Å². The van der Waals surface area contributed by atoms with Gasteiger partial charge in [0, 0.05) is 19.0 Å². The van der Waals surface area contributed by atoms with Crippen molar-refractivity contribution < 1.29 is 9.53 Å². The molecule has 0 bridgehead atoms. The van der Waals surface area contributed by atoms with E-state index in [0.717, 1.165) is 17.7 Å². The Hall–Kier alpha value is -1.26. The van der Waals surface area contributed by atoms with E-state index in [0.29, 0.717) is 19.7 Å². The van der Waals surface area contributed by atoms with E-state index in [4.69, 9.17) is 10.5 Å². The number of para-hydroxylation sites is 1. The number of ether oxygens (including phenoxy) is 1. The van der Waals surface area contributed by atoms with Crippen molar-refractivity contribution in [1.29, 1.82) is 0 Å². The summed E-state index contributed by atoms with van der Waals surface area (Å²) in [6.45, 7) is 5.41. The van der Waals surface area contributed by atoms with Gasteiger partial charge in [0.1, 0.15) is 5.75 Å². The van der Waals surface area contributed by atoms with E-state index >= 15 is 0 Å². The van der Waals surface area contributed by atoms with Gasteiger partial charge in [0.05, 0.1) is 6.61 Å². The molecule has 3 N–H and O–H groups in total. The van der Waals surface area contributed by atoms with Crippen LogP contribution >= 0.6 is 12.4 Å². The van der Waals surface area contributed by atoms with E-state index in [1.807, 2.05) is 38.1 Å². The van der Waals surface area contributed by atoms with Crippen molar-refractivity contribution >= 4 is 18.3 Å². The van der Waals surface area contributed by atoms with Gasteiger partial charge in [-0.25, -0.2) is 0 Å². The lowest BCUT2D eigenvalue weighted by Crippen LogP contribution is -2.34. The highest BCUT2D eigenvalue weighted by Gasteiger charge is 2.10. The third-order valence-electron chi connectivity index (χ3n) is 2.77. The maximum atomic E-state index is 11.6. The largest absolute Gasteiger partial charge is 0.494 e. The Bertz CT molecular complexity index is 385. The van der Waals surface area contributed by atoms with E-state index in [1.165, 1.54) is 0 Å². The molecule has 5 heteroatoms. The lowest BCUT2D eigenvalue weighted by atomic mass is 10.1. The zero-order valence-corrected chi connectivity index (χ0v) is 12.3. The summed E-state index contributed by atoms with van der Waals surface area (Å²) in [4.78, 5) is 11.6. The number of amides is 1. The lowest BCUT2D eigenvalue weighted by Gasteiger charge is -2.12. The molecule has 0 aromatic heterocycles. The number of nitrogens with one attached hydrogen (secondary N) is 1. The van der Waals surface area contributed by atoms with E-state index < -0.39 is 0 Å². The Morgan fingerprint density at radius 2 is 2.11 bits per heavy atom. The molecule has 0 aliphatic heterocycles. The quantitative estimate of drug-likeness (QED) is 0.803. The Morgan fingerprint density at radius 1 is 1.42 bits per heavy atom.